The summed E-state index contributed by atoms with van der Waals surface area (Å²) in [6.07, 6.45) is 4.66. The Morgan fingerprint density at radius 2 is 2.38 bits per heavy atom. The molecule has 0 saturated heterocycles. The van der Waals surface area contributed by atoms with Gasteiger partial charge in [-0.05, 0) is 30.0 Å². The summed E-state index contributed by atoms with van der Waals surface area (Å²) in [5.74, 6) is 0.424. The molecular weight excluding hydrogens is 158 g/mol. The van der Waals surface area contributed by atoms with Crippen molar-refractivity contribution >= 4 is 5.57 Å². The van der Waals surface area contributed by atoms with Crippen LogP contribution in [0.3, 0.4) is 0 Å². The Morgan fingerprint density at radius 3 is 2.92 bits per heavy atom. The van der Waals surface area contributed by atoms with Crippen molar-refractivity contribution < 1.29 is 0 Å². The standard InChI is InChI=1S/C12H15N/c1-4-7-10(2)11(3)12-8-5-6-9-13-12/h4-6,8-10H,1,3,7H2,2H3. The molecule has 0 aliphatic heterocycles. The van der Waals surface area contributed by atoms with Crippen LogP contribution in [0.4, 0.5) is 0 Å². The summed E-state index contributed by atoms with van der Waals surface area (Å²) in [6, 6.07) is 5.88. The molecule has 1 unspecified atom stereocenters. The lowest BCUT2D eigenvalue weighted by Gasteiger charge is -2.11. The van der Waals surface area contributed by atoms with Gasteiger partial charge in [0, 0.05) is 6.20 Å². The van der Waals surface area contributed by atoms with Crippen molar-refractivity contribution in [1.82, 2.24) is 4.98 Å². The second-order valence-electron chi connectivity index (χ2n) is 3.17. The quantitative estimate of drug-likeness (QED) is 0.636. The molecule has 0 aliphatic carbocycles. The van der Waals surface area contributed by atoms with Crippen LogP contribution in [-0.4, -0.2) is 4.98 Å². The zero-order valence-electron chi connectivity index (χ0n) is 8.03. The Kier molecular flexibility index (Phi) is 3.44. The van der Waals surface area contributed by atoms with Gasteiger partial charge in [-0.15, -0.1) is 6.58 Å². The third-order valence-corrected chi connectivity index (χ3v) is 2.11. The van der Waals surface area contributed by atoms with E-state index in [2.05, 4.69) is 25.1 Å². The topological polar surface area (TPSA) is 12.9 Å². The normalized spacial score (nSPS) is 12.1. The van der Waals surface area contributed by atoms with Gasteiger partial charge in [0.1, 0.15) is 0 Å². The molecule has 0 aromatic carbocycles. The molecule has 0 amide bonds. The molecule has 1 heteroatoms. The van der Waals surface area contributed by atoms with Crippen molar-refractivity contribution in [3.05, 3.63) is 49.3 Å². The Bertz CT molecular complexity index is 287. The average Bonchev–Trinajstić information content (AvgIpc) is 2.18. The molecule has 1 heterocycles. The fourth-order valence-electron chi connectivity index (χ4n) is 1.20. The van der Waals surface area contributed by atoms with Crippen molar-refractivity contribution in [3.8, 4) is 0 Å². The summed E-state index contributed by atoms with van der Waals surface area (Å²) in [5, 5.41) is 0. The van der Waals surface area contributed by atoms with Crippen LogP contribution in [0.2, 0.25) is 0 Å². The molecule has 0 fully saturated rings. The van der Waals surface area contributed by atoms with E-state index in [1.165, 1.54) is 0 Å². The number of allylic oxidation sites excluding steroid dienone is 2. The summed E-state index contributed by atoms with van der Waals surface area (Å²) in [6.45, 7) is 9.89. The first-order chi connectivity index (χ1) is 6.25. The number of hydrogen-bond acceptors (Lipinski definition) is 1. The van der Waals surface area contributed by atoms with Crippen molar-refractivity contribution in [1.29, 1.82) is 0 Å². The van der Waals surface area contributed by atoms with Gasteiger partial charge in [-0.25, -0.2) is 0 Å². The van der Waals surface area contributed by atoms with Crippen LogP contribution >= 0.6 is 0 Å². The molecule has 0 aliphatic rings. The fourth-order valence-corrected chi connectivity index (χ4v) is 1.20. The Morgan fingerprint density at radius 1 is 1.62 bits per heavy atom. The summed E-state index contributed by atoms with van der Waals surface area (Å²) in [5.41, 5.74) is 2.07. The van der Waals surface area contributed by atoms with E-state index in [0.717, 1.165) is 17.7 Å². The average molecular weight is 173 g/mol. The molecule has 1 rings (SSSR count). The zero-order chi connectivity index (χ0) is 9.68. The van der Waals surface area contributed by atoms with E-state index in [-0.39, 0.29) is 0 Å². The van der Waals surface area contributed by atoms with E-state index in [0.29, 0.717) is 5.92 Å². The first kappa shape index (κ1) is 9.72. The zero-order valence-corrected chi connectivity index (χ0v) is 8.03. The second kappa shape index (κ2) is 4.61. The lowest BCUT2D eigenvalue weighted by molar-refractivity contribution is 0.764. The third-order valence-electron chi connectivity index (χ3n) is 2.11. The highest BCUT2D eigenvalue weighted by atomic mass is 14.7. The van der Waals surface area contributed by atoms with Gasteiger partial charge in [-0.1, -0.05) is 25.6 Å². The minimum Gasteiger partial charge on any atom is -0.257 e. The highest BCUT2D eigenvalue weighted by Crippen LogP contribution is 2.21. The van der Waals surface area contributed by atoms with Crippen molar-refractivity contribution in [2.45, 2.75) is 13.3 Å². The van der Waals surface area contributed by atoms with E-state index in [4.69, 9.17) is 0 Å². The highest BCUT2D eigenvalue weighted by molar-refractivity contribution is 5.61. The van der Waals surface area contributed by atoms with E-state index in [1.54, 1.807) is 6.20 Å². The lowest BCUT2D eigenvalue weighted by atomic mass is 9.96. The monoisotopic (exact) mass is 173 g/mol. The molecule has 0 saturated carbocycles. The van der Waals surface area contributed by atoms with Crippen LogP contribution in [0.1, 0.15) is 19.0 Å². The number of rotatable bonds is 4. The molecule has 1 atom stereocenters. The van der Waals surface area contributed by atoms with Crippen molar-refractivity contribution in [3.63, 3.8) is 0 Å². The Balaban J connectivity index is 2.73. The fraction of sp³-hybridized carbons (Fsp3) is 0.250. The molecule has 0 radical (unpaired) electrons. The van der Waals surface area contributed by atoms with E-state index in [9.17, 15) is 0 Å². The number of nitrogens with zero attached hydrogens (tertiary/aromatic N) is 1. The van der Waals surface area contributed by atoms with Crippen LogP contribution < -0.4 is 0 Å². The van der Waals surface area contributed by atoms with Gasteiger partial charge in [-0.3, -0.25) is 4.98 Å². The SMILES string of the molecule is C=CCC(C)C(=C)c1ccccn1. The summed E-state index contributed by atoms with van der Waals surface area (Å²) < 4.78 is 0. The second-order valence-corrected chi connectivity index (χ2v) is 3.17. The van der Waals surface area contributed by atoms with Gasteiger partial charge in [0.15, 0.2) is 0 Å². The van der Waals surface area contributed by atoms with Gasteiger partial charge in [0.25, 0.3) is 0 Å². The van der Waals surface area contributed by atoms with Crippen LogP contribution in [0.15, 0.2) is 43.6 Å². The molecule has 13 heavy (non-hydrogen) atoms. The Hall–Kier alpha value is -1.37. The minimum absolute atomic E-state index is 0.424. The maximum atomic E-state index is 4.25. The van der Waals surface area contributed by atoms with Crippen molar-refractivity contribution in [2.75, 3.05) is 0 Å². The number of aromatic nitrogens is 1. The van der Waals surface area contributed by atoms with Gasteiger partial charge in [-0.2, -0.15) is 0 Å². The van der Waals surface area contributed by atoms with E-state index in [1.807, 2.05) is 24.3 Å². The highest BCUT2D eigenvalue weighted by Gasteiger charge is 2.07. The van der Waals surface area contributed by atoms with Crippen LogP contribution in [-0.2, 0) is 0 Å². The van der Waals surface area contributed by atoms with Crippen LogP contribution in [0, 0.1) is 5.92 Å². The molecule has 0 spiro atoms. The maximum Gasteiger partial charge on any atom is 0.0658 e. The lowest BCUT2D eigenvalue weighted by Crippen LogP contribution is -1.97. The summed E-state index contributed by atoms with van der Waals surface area (Å²) in [7, 11) is 0. The molecule has 0 bridgehead atoms. The van der Waals surface area contributed by atoms with Gasteiger partial charge in [0.2, 0.25) is 0 Å². The molecule has 1 aromatic heterocycles. The van der Waals surface area contributed by atoms with E-state index < -0.39 is 0 Å². The van der Waals surface area contributed by atoms with Gasteiger partial charge >= 0.3 is 0 Å². The molecular formula is C12H15N. The number of hydrogen-bond donors (Lipinski definition) is 0. The van der Waals surface area contributed by atoms with Gasteiger partial charge < -0.3 is 0 Å². The number of pyridine rings is 1. The smallest absolute Gasteiger partial charge is 0.0658 e. The van der Waals surface area contributed by atoms with Gasteiger partial charge in [0.05, 0.1) is 5.69 Å². The van der Waals surface area contributed by atoms with Crippen LogP contribution in [0.25, 0.3) is 5.57 Å². The first-order valence-corrected chi connectivity index (χ1v) is 4.46. The molecule has 1 aromatic rings. The predicted molar refractivity (Wildman–Crippen MR) is 57.2 cm³/mol. The van der Waals surface area contributed by atoms with Crippen LogP contribution in [0.5, 0.6) is 0 Å². The maximum absolute atomic E-state index is 4.25. The minimum atomic E-state index is 0.424. The molecule has 68 valence electrons. The molecule has 0 N–H and O–H groups in total. The van der Waals surface area contributed by atoms with E-state index >= 15 is 0 Å². The van der Waals surface area contributed by atoms with Crippen molar-refractivity contribution in [2.24, 2.45) is 5.92 Å². The summed E-state index contributed by atoms with van der Waals surface area (Å²) >= 11 is 0. The molecule has 1 nitrogen and oxygen atoms in total. The third kappa shape index (κ3) is 2.55. The Labute approximate surface area is 79.8 Å². The largest absolute Gasteiger partial charge is 0.257 e. The summed E-state index contributed by atoms with van der Waals surface area (Å²) in [4.78, 5) is 4.25. The predicted octanol–water partition coefficient (Wildman–Crippen LogP) is 3.31. The first-order valence-electron chi connectivity index (χ1n) is 4.46.